The zero-order chi connectivity index (χ0) is 16.7. The molecule has 1 aromatic carbocycles. The molecule has 2 aliphatic rings. The van der Waals surface area contributed by atoms with Crippen LogP contribution in [0.1, 0.15) is 26.2 Å². The van der Waals surface area contributed by atoms with Crippen LogP contribution < -0.4 is 5.73 Å². The lowest BCUT2D eigenvalue weighted by Gasteiger charge is -2.12. The van der Waals surface area contributed by atoms with Gasteiger partial charge in [-0.3, -0.25) is 0 Å². The number of nitrogens with two attached hydrogens (primary N) is 1. The molecule has 3 heteroatoms. The summed E-state index contributed by atoms with van der Waals surface area (Å²) in [5, 5.41) is 7.62. The van der Waals surface area contributed by atoms with Gasteiger partial charge in [-0.05, 0) is 50.0 Å². The van der Waals surface area contributed by atoms with E-state index in [1.807, 2.05) is 36.4 Å². The summed E-state index contributed by atoms with van der Waals surface area (Å²) in [6.45, 7) is 4.21. The Kier molecular flexibility index (Phi) is 6.36. The molecule has 3 nitrogen and oxygen atoms in total. The molecule has 3 rings (SSSR count). The predicted molar refractivity (Wildman–Crippen MR) is 98.6 cm³/mol. The first-order valence-electron chi connectivity index (χ1n) is 8.20. The standard InChI is InChI=1S/C14H21N3.C6H6/c1-10-3-4-11-5-7-17(2)8-6-12(11)13(9-15)14(10)16;1-2-4-6-5-3-1/h4,9,15H,3,5-8,16H2,1-2H3;1-6H. The molecule has 1 aliphatic carbocycles. The Balaban J connectivity index is 0.000000268. The highest BCUT2D eigenvalue weighted by Gasteiger charge is 2.20. The second kappa shape index (κ2) is 8.49. The summed E-state index contributed by atoms with van der Waals surface area (Å²) in [5.74, 6) is 0. The molecule has 23 heavy (non-hydrogen) atoms. The summed E-state index contributed by atoms with van der Waals surface area (Å²) in [6, 6.07) is 12.0. The van der Waals surface area contributed by atoms with Gasteiger partial charge in [-0.2, -0.15) is 0 Å². The number of likely N-dealkylation sites (tertiary alicyclic amines) is 1. The van der Waals surface area contributed by atoms with Gasteiger partial charge in [-0.25, -0.2) is 0 Å². The van der Waals surface area contributed by atoms with Crippen LogP contribution in [-0.4, -0.2) is 31.3 Å². The summed E-state index contributed by atoms with van der Waals surface area (Å²) in [6.07, 6.45) is 6.72. The Hall–Kier alpha value is -2.13. The van der Waals surface area contributed by atoms with Crippen molar-refractivity contribution in [1.82, 2.24) is 4.90 Å². The third kappa shape index (κ3) is 4.67. The maximum absolute atomic E-state index is 7.62. The van der Waals surface area contributed by atoms with Crippen LogP contribution in [0.2, 0.25) is 0 Å². The van der Waals surface area contributed by atoms with E-state index in [0.717, 1.165) is 43.6 Å². The molecule has 1 aromatic rings. The number of hydrogen-bond acceptors (Lipinski definition) is 3. The fraction of sp³-hybridized carbons (Fsp3) is 0.350. The second-order valence-corrected chi connectivity index (χ2v) is 6.12. The van der Waals surface area contributed by atoms with Crippen molar-refractivity contribution in [2.45, 2.75) is 26.2 Å². The van der Waals surface area contributed by atoms with Crippen molar-refractivity contribution in [3.8, 4) is 0 Å². The van der Waals surface area contributed by atoms with E-state index in [1.165, 1.54) is 22.9 Å². The van der Waals surface area contributed by atoms with Gasteiger partial charge in [-0.15, -0.1) is 0 Å². The van der Waals surface area contributed by atoms with Crippen LogP contribution >= 0.6 is 0 Å². The fourth-order valence-electron chi connectivity index (χ4n) is 2.90. The molecular formula is C20H27N3. The van der Waals surface area contributed by atoms with Crippen LogP contribution in [0.3, 0.4) is 0 Å². The van der Waals surface area contributed by atoms with E-state index in [2.05, 4.69) is 24.9 Å². The summed E-state index contributed by atoms with van der Waals surface area (Å²) < 4.78 is 0. The molecule has 3 N–H and O–H groups in total. The van der Waals surface area contributed by atoms with Crippen LogP contribution in [0.25, 0.3) is 0 Å². The van der Waals surface area contributed by atoms with Crippen molar-refractivity contribution >= 4 is 6.21 Å². The van der Waals surface area contributed by atoms with Crippen LogP contribution in [0.15, 0.2) is 70.5 Å². The van der Waals surface area contributed by atoms with E-state index in [-0.39, 0.29) is 0 Å². The minimum Gasteiger partial charge on any atom is -0.398 e. The Morgan fingerprint density at radius 3 is 2.17 bits per heavy atom. The van der Waals surface area contributed by atoms with Crippen LogP contribution in [0.4, 0.5) is 0 Å². The number of nitrogens with zero attached hydrogens (tertiary/aromatic N) is 1. The molecule has 0 saturated carbocycles. The zero-order valence-corrected chi connectivity index (χ0v) is 14.2. The highest BCUT2D eigenvalue weighted by atomic mass is 15.1. The molecule has 0 spiro atoms. The van der Waals surface area contributed by atoms with Gasteiger partial charge >= 0.3 is 0 Å². The lowest BCUT2D eigenvalue weighted by molar-refractivity contribution is 0.355. The predicted octanol–water partition coefficient (Wildman–Crippen LogP) is 3.91. The smallest absolute Gasteiger partial charge is 0.0398 e. The molecule has 0 bridgehead atoms. The first-order chi connectivity index (χ1) is 11.1. The van der Waals surface area contributed by atoms with Crippen molar-refractivity contribution < 1.29 is 0 Å². The van der Waals surface area contributed by atoms with Crippen molar-refractivity contribution in [2.24, 2.45) is 5.73 Å². The summed E-state index contributed by atoms with van der Waals surface area (Å²) in [4.78, 5) is 2.34. The largest absolute Gasteiger partial charge is 0.398 e. The van der Waals surface area contributed by atoms with Gasteiger partial charge in [0, 0.05) is 30.6 Å². The van der Waals surface area contributed by atoms with Gasteiger partial charge in [0.1, 0.15) is 0 Å². The molecule has 122 valence electrons. The van der Waals surface area contributed by atoms with Crippen LogP contribution in [0.5, 0.6) is 0 Å². The van der Waals surface area contributed by atoms with E-state index < -0.39 is 0 Å². The Morgan fingerprint density at radius 2 is 1.61 bits per heavy atom. The van der Waals surface area contributed by atoms with E-state index in [0.29, 0.717) is 0 Å². The molecule has 1 fully saturated rings. The Morgan fingerprint density at radius 1 is 1.04 bits per heavy atom. The van der Waals surface area contributed by atoms with E-state index in [9.17, 15) is 0 Å². The van der Waals surface area contributed by atoms with Crippen LogP contribution in [0, 0.1) is 5.41 Å². The number of nitrogens with one attached hydrogen (secondary N) is 1. The van der Waals surface area contributed by atoms with E-state index in [4.69, 9.17) is 11.1 Å². The van der Waals surface area contributed by atoms with Crippen LogP contribution in [-0.2, 0) is 0 Å². The van der Waals surface area contributed by atoms with Gasteiger partial charge in [-0.1, -0.05) is 42.5 Å². The third-order valence-electron chi connectivity index (χ3n) is 4.43. The van der Waals surface area contributed by atoms with E-state index in [1.54, 1.807) is 0 Å². The summed E-state index contributed by atoms with van der Waals surface area (Å²) >= 11 is 0. The Bertz CT molecular complexity index is 597. The quantitative estimate of drug-likeness (QED) is 0.773. The lowest BCUT2D eigenvalue weighted by Crippen LogP contribution is -2.18. The molecule has 1 aliphatic heterocycles. The Labute approximate surface area is 139 Å². The van der Waals surface area contributed by atoms with Crippen molar-refractivity contribution in [3.63, 3.8) is 0 Å². The molecule has 0 atom stereocenters. The molecular weight excluding hydrogens is 282 g/mol. The maximum atomic E-state index is 7.62. The molecule has 1 saturated heterocycles. The maximum Gasteiger partial charge on any atom is 0.0398 e. The molecule has 1 heterocycles. The topological polar surface area (TPSA) is 53.1 Å². The van der Waals surface area contributed by atoms with Crippen molar-refractivity contribution in [3.05, 3.63) is 70.5 Å². The average Bonchev–Trinajstić information content (AvgIpc) is 2.83. The minimum atomic E-state index is 0.811. The monoisotopic (exact) mass is 309 g/mol. The normalized spacial score (nSPS) is 19.0. The molecule has 0 amide bonds. The van der Waals surface area contributed by atoms with Gasteiger partial charge in [0.25, 0.3) is 0 Å². The average molecular weight is 309 g/mol. The third-order valence-corrected chi connectivity index (χ3v) is 4.43. The highest BCUT2D eigenvalue weighted by molar-refractivity contribution is 5.85. The number of benzene rings is 1. The highest BCUT2D eigenvalue weighted by Crippen LogP contribution is 2.31. The summed E-state index contributed by atoms with van der Waals surface area (Å²) in [5.41, 5.74) is 11.8. The van der Waals surface area contributed by atoms with Crippen molar-refractivity contribution in [1.29, 1.82) is 5.41 Å². The van der Waals surface area contributed by atoms with Gasteiger partial charge in [0.2, 0.25) is 0 Å². The zero-order valence-electron chi connectivity index (χ0n) is 14.2. The fourth-order valence-corrected chi connectivity index (χ4v) is 2.90. The van der Waals surface area contributed by atoms with Gasteiger partial charge in [0.15, 0.2) is 0 Å². The van der Waals surface area contributed by atoms with Gasteiger partial charge in [0.05, 0.1) is 0 Å². The lowest BCUT2D eigenvalue weighted by atomic mass is 9.95. The first kappa shape index (κ1) is 17.2. The molecule has 0 aromatic heterocycles. The molecule has 0 radical (unpaired) electrons. The number of hydrogen-bond donors (Lipinski definition) is 2. The first-order valence-corrected chi connectivity index (χ1v) is 8.20. The van der Waals surface area contributed by atoms with E-state index >= 15 is 0 Å². The minimum absolute atomic E-state index is 0.811. The van der Waals surface area contributed by atoms with Crippen molar-refractivity contribution in [2.75, 3.05) is 20.1 Å². The number of allylic oxidation sites excluding steroid dienone is 3. The number of rotatable bonds is 1. The molecule has 0 unspecified atom stereocenters. The second-order valence-electron chi connectivity index (χ2n) is 6.12. The SMILES string of the molecule is CC1=C(N)C(C=N)=C2CCN(C)CCC2=CC1.c1ccccc1. The van der Waals surface area contributed by atoms with Gasteiger partial charge < -0.3 is 16.0 Å². The summed E-state index contributed by atoms with van der Waals surface area (Å²) in [7, 11) is 2.15. The number of fused-ring (bicyclic) bond motifs is 1.